The van der Waals surface area contributed by atoms with Gasteiger partial charge in [-0.15, -0.1) is 0 Å². The third-order valence-electron chi connectivity index (χ3n) is 1.04. The fourth-order valence-corrected chi connectivity index (χ4v) is 0.538. The molecule has 0 saturated carbocycles. The van der Waals surface area contributed by atoms with Crippen LogP contribution in [0, 0.1) is 0 Å². The van der Waals surface area contributed by atoms with Crippen LogP contribution in [0.3, 0.4) is 0 Å². The highest BCUT2D eigenvalue weighted by Gasteiger charge is 1.74. The Morgan fingerprint density at radius 1 is 1.22 bits per heavy atom. The van der Waals surface area contributed by atoms with E-state index in [4.69, 9.17) is 4.74 Å². The molecule has 9 heavy (non-hydrogen) atoms. The van der Waals surface area contributed by atoms with E-state index in [0.717, 1.165) is 13.2 Å². The molecule has 54 valence electrons. The van der Waals surface area contributed by atoms with Crippen LogP contribution < -0.4 is 0 Å². The van der Waals surface area contributed by atoms with Crippen LogP contribution in [0.2, 0.25) is 0 Å². The molecule has 0 atom stereocenters. The first-order chi connectivity index (χ1) is 4.41. The van der Waals surface area contributed by atoms with Crippen molar-refractivity contribution in [2.45, 2.75) is 26.7 Å². The summed E-state index contributed by atoms with van der Waals surface area (Å²) in [4.78, 5) is 0. The quantitative estimate of drug-likeness (QED) is 0.408. The molecule has 0 rings (SSSR count). The highest BCUT2D eigenvalue weighted by atomic mass is 16.5. The Hall–Kier alpha value is -0.300. The Bertz CT molecular complexity index is 67.0. The SMILES string of the molecule is CCC/C=C\COCC. The summed E-state index contributed by atoms with van der Waals surface area (Å²) >= 11 is 0. The van der Waals surface area contributed by atoms with Crippen molar-refractivity contribution in [1.29, 1.82) is 0 Å². The molecule has 0 aliphatic rings. The molecule has 0 aliphatic carbocycles. The van der Waals surface area contributed by atoms with Crippen molar-refractivity contribution in [3.63, 3.8) is 0 Å². The molecular formula is C8H16O. The lowest BCUT2D eigenvalue weighted by Gasteiger charge is -1.91. The van der Waals surface area contributed by atoms with E-state index in [1.807, 2.05) is 6.92 Å². The van der Waals surface area contributed by atoms with Gasteiger partial charge in [0, 0.05) is 6.61 Å². The molecule has 0 aromatic heterocycles. The molecule has 0 aromatic carbocycles. The van der Waals surface area contributed by atoms with Gasteiger partial charge in [-0.05, 0) is 13.3 Å². The molecular weight excluding hydrogens is 112 g/mol. The van der Waals surface area contributed by atoms with Crippen LogP contribution in [0.25, 0.3) is 0 Å². The van der Waals surface area contributed by atoms with Gasteiger partial charge in [-0.3, -0.25) is 0 Å². The van der Waals surface area contributed by atoms with E-state index >= 15 is 0 Å². The van der Waals surface area contributed by atoms with Gasteiger partial charge < -0.3 is 4.74 Å². The minimum atomic E-state index is 0.774. The van der Waals surface area contributed by atoms with Crippen molar-refractivity contribution < 1.29 is 4.74 Å². The number of hydrogen-bond donors (Lipinski definition) is 0. The van der Waals surface area contributed by atoms with Crippen LogP contribution in [-0.4, -0.2) is 13.2 Å². The first-order valence-electron chi connectivity index (χ1n) is 3.64. The van der Waals surface area contributed by atoms with Gasteiger partial charge in [0.2, 0.25) is 0 Å². The summed E-state index contributed by atoms with van der Waals surface area (Å²) in [6.45, 7) is 5.77. The first-order valence-corrected chi connectivity index (χ1v) is 3.64. The number of ether oxygens (including phenoxy) is 1. The molecule has 0 bridgehead atoms. The molecule has 1 nitrogen and oxygen atoms in total. The van der Waals surface area contributed by atoms with Gasteiger partial charge in [0.25, 0.3) is 0 Å². The maximum atomic E-state index is 5.09. The topological polar surface area (TPSA) is 9.23 Å². The maximum Gasteiger partial charge on any atom is 0.0647 e. The number of rotatable bonds is 5. The van der Waals surface area contributed by atoms with Crippen LogP contribution in [-0.2, 0) is 4.74 Å². The van der Waals surface area contributed by atoms with Crippen LogP contribution in [0.1, 0.15) is 26.7 Å². The predicted octanol–water partition coefficient (Wildman–Crippen LogP) is 2.38. The molecule has 0 heterocycles. The van der Waals surface area contributed by atoms with Gasteiger partial charge in [-0.2, -0.15) is 0 Å². The highest BCUT2D eigenvalue weighted by molar-refractivity contribution is 4.80. The van der Waals surface area contributed by atoms with E-state index in [1.165, 1.54) is 12.8 Å². The predicted molar refractivity (Wildman–Crippen MR) is 40.5 cm³/mol. The van der Waals surface area contributed by atoms with Crippen molar-refractivity contribution in [3.05, 3.63) is 12.2 Å². The summed E-state index contributed by atoms with van der Waals surface area (Å²) in [5, 5.41) is 0. The molecule has 0 aromatic rings. The number of unbranched alkanes of at least 4 members (excludes halogenated alkanes) is 1. The highest BCUT2D eigenvalue weighted by Crippen LogP contribution is 1.87. The van der Waals surface area contributed by atoms with Crippen LogP contribution in [0.15, 0.2) is 12.2 Å². The zero-order chi connectivity index (χ0) is 6.95. The molecule has 0 spiro atoms. The summed E-state index contributed by atoms with van der Waals surface area (Å²) in [7, 11) is 0. The van der Waals surface area contributed by atoms with E-state index < -0.39 is 0 Å². The number of allylic oxidation sites excluding steroid dienone is 1. The van der Waals surface area contributed by atoms with Gasteiger partial charge in [-0.25, -0.2) is 0 Å². The van der Waals surface area contributed by atoms with Crippen LogP contribution >= 0.6 is 0 Å². The van der Waals surface area contributed by atoms with Crippen molar-refractivity contribution in [3.8, 4) is 0 Å². The average Bonchev–Trinajstić information content (AvgIpc) is 1.89. The molecule has 0 N–H and O–H groups in total. The Morgan fingerprint density at radius 2 is 2.00 bits per heavy atom. The normalized spacial score (nSPS) is 10.9. The minimum absolute atomic E-state index is 0.774. The van der Waals surface area contributed by atoms with E-state index in [9.17, 15) is 0 Å². The largest absolute Gasteiger partial charge is 0.378 e. The first kappa shape index (κ1) is 8.70. The van der Waals surface area contributed by atoms with Gasteiger partial charge in [-0.1, -0.05) is 25.5 Å². The standard InChI is InChI=1S/C8H16O/c1-3-5-6-7-8-9-4-2/h6-7H,3-5,8H2,1-2H3/b7-6-. The summed E-state index contributed by atoms with van der Waals surface area (Å²) in [6.07, 6.45) is 6.64. The smallest absolute Gasteiger partial charge is 0.0647 e. The number of hydrogen-bond acceptors (Lipinski definition) is 1. The van der Waals surface area contributed by atoms with Gasteiger partial charge >= 0.3 is 0 Å². The molecule has 0 amide bonds. The summed E-state index contributed by atoms with van der Waals surface area (Å²) in [5.74, 6) is 0. The van der Waals surface area contributed by atoms with Gasteiger partial charge in [0.1, 0.15) is 0 Å². The fourth-order valence-electron chi connectivity index (χ4n) is 0.538. The zero-order valence-corrected chi connectivity index (χ0v) is 6.39. The van der Waals surface area contributed by atoms with Crippen molar-refractivity contribution in [2.24, 2.45) is 0 Å². The zero-order valence-electron chi connectivity index (χ0n) is 6.39. The van der Waals surface area contributed by atoms with Crippen molar-refractivity contribution >= 4 is 0 Å². The van der Waals surface area contributed by atoms with Crippen LogP contribution in [0.4, 0.5) is 0 Å². The molecule has 0 aliphatic heterocycles. The molecule has 0 saturated heterocycles. The lowest BCUT2D eigenvalue weighted by Crippen LogP contribution is -1.87. The maximum absolute atomic E-state index is 5.09. The Morgan fingerprint density at radius 3 is 2.56 bits per heavy atom. The van der Waals surface area contributed by atoms with E-state index in [2.05, 4.69) is 19.1 Å². The third kappa shape index (κ3) is 7.70. The lowest BCUT2D eigenvalue weighted by atomic mass is 10.3. The van der Waals surface area contributed by atoms with E-state index in [1.54, 1.807) is 0 Å². The average molecular weight is 128 g/mol. The van der Waals surface area contributed by atoms with Crippen LogP contribution in [0.5, 0.6) is 0 Å². The fraction of sp³-hybridized carbons (Fsp3) is 0.750. The second-order valence-corrected chi connectivity index (χ2v) is 1.92. The third-order valence-corrected chi connectivity index (χ3v) is 1.04. The summed E-state index contributed by atoms with van der Waals surface area (Å²) < 4.78 is 5.09. The van der Waals surface area contributed by atoms with Crippen molar-refractivity contribution in [1.82, 2.24) is 0 Å². The Kier molecular flexibility index (Phi) is 7.44. The summed E-state index contributed by atoms with van der Waals surface area (Å²) in [5.41, 5.74) is 0. The Balaban J connectivity index is 2.86. The lowest BCUT2D eigenvalue weighted by molar-refractivity contribution is 0.177. The van der Waals surface area contributed by atoms with Gasteiger partial charge in [0.15, 0.2) is 0 Å². The summed E-state index contributed by atoms with van der Waals surface area (Å²) in [6, 6.07) is 0. The van der Waals surface area contributed by atoms with E-state index in [-0.39, 0.29) is 0 Å². The second-order valence-electron chi connectivity index (χ2n) is 1.92. The van der Waals surface area contributed by atoms with E-state index in [0.29, 0.717) is 0 Å². The second kappa shape index (κ2) is 7.70. The molecule has 0 fully saturated rings. The van der Waals surface area contributed by atoms with Gasteiger partial charge in [0.05, 0.1) is 6.61 Å². The minimum Gasteiger partial charge on any atom is -0.378 e. The molecule has 0 radical (unpaired) electrons. The monoisotopic (exact) mass is 128 g/mol. The Labute approximate surface area is 57.7 Å². The molecule has 1 heteroatoms. The molecule has 0 unspecified atom stereocenters. The van der Waals surface area contributed by atoms with Crippen molar-refractivity contribution in [2.75, 3.05) is 13.2 Å².